The van der Waals surface area contributed by atoms with Crippen molar-refractivity contribution < 1.29 is 9.18 Å². The highest BCUT2D eigenvalue weighted by Crippen LogP contribution is 2.72. The lowest BCUT2D eigenvalue weighted by molar-refractivity contribution is -0.237. The van der Waals surface area contributed by atoms with Crippen LogP contribution in [0.1, 0.15) is 31.7 Å². The Balaban J connectivity index is 1.34. The number of hydrogen-bond acceptors (Lipinski definition) is 2. The molecule has 0 spiro atoms. The standard InChI is InChI=1S/C22H24ClFN2O/c1-15(20(27)25-19-8-6-18(24)7-9-19)21-12-22(13-21,14-21)26(2)11-16-4-3-5-17(23)10-16/h3-10,15H,11-14H2,1-2H3,(H,25,27)/t15-,21?,22?/m1/s1. The first kappa shape index (κ1) is 18.5. The van der Waals surface area contributed by atoms with Crippen molar-refractivity contribution in [2.75, 3.05) is 12.4 Å². The van der Waals surface area contributed by atoms with Crippen molar-refractivity contribution in [3.05, 3.63) is 64.9 Å². The summed E-state index contributed by atoms with van der Waals surface area (Å²) in [6, 6.07) is 13.9. The van der Waals surface area contributed by atoms with E-state index < -0.39 is 0 Å². The second kappa shape index (κ2) is 6.61. The molecule has 1 N–H and O–H groups in total. The predicted molar refractivity (Wildman–Crippen MR) is 106 cm³/mol. The molecule has 0 aromatic heterocycles. The summed E-state index contributed by atoms with van der Waals surface area (Å²) in [7, 11) is 2.16. The normalized spacial score (nSPS) is 26.9. The second-order valence-corrected chi connectivity index (χ2v) is 8.76. The lowest BCUT2D eigenvalue weighted by atomic mass is 9.35. The monoisotopic (exact) mass is 386 g/mol. The number of rotatable bonds is 6. The van der Waals surface area contributed by atoms with E-state index in [1.165, 1.54) is 17.7 Å². The molecule has 1 amide bonds. The topological polar surface area (TPSA) is 32.3 Å². The summed E-state index contributed by atoms with van der Waals surface area (Å²) in [6.45, 7) is 2.88. The molecular formula is C22H24ClFN2O. The fourth-order valence-corrected chi connectivity index (χ4v) is 5.03. The van der Waals surface area contributed by atoms with Crippen LogP contribution in [0.4, 0.5) is 10.1 Å². The first-order chi connectivity index (χ1) is 12.8. The Kier molecular flexibility index (Phi) is 4.52. The van der Waals surface area contributed by atoms with Gasteiger partial charge >= 0.3 is 0 Å². The minimum absolute atomic E-state index is 0.0207. The van der Waals surface area contributed by atoms with E-state index in [9.17, 15) is 9.18 Å². The number of nitrogens with zero attached hydrogens (tertiary/aromatic N) is 1. The molecule has 2 aromatic rings. The Bertz CT molecular complexity index is 847. The third-order valence-corrected chi connectivity index (χ3v) is 6.82. The zero-order valence-electron chi connectivity index (χ0n) is 15.6. The third kappa shape index (κ3) is 3.26. The summed E-state index contributed by atoms with van der Waals surface area (Å²) >= 11 is 6.09. The number of amides is 1. The van der Waals surface area contributed by atoms with Gasteiger partial charge in [-0.05, 0) is 73.7 Å². The Morgan fingerprint density at radius 1 is 1.22 bits per heavy atom. The molecule has 3 saturated carbocycles. The van der Waals surface area contributed by atoms with Crippen molar-refractivity contribution in [3.8, 4) is 0 Å². The van der Waals surface area contributed by atoms with Gasteiger partial charge in [-0.2, -0.15) is 0 Å². The molecule has 3 aliphatic carbocycles. The van der Waals surface area contributed by atoms with Crippen molar-refractivity contribution in [1.29, 1.82) is 0 Å². The molecule has 0 aliphatic heterocycles. The van der Waals surface area contributed by atoms with E-state index in [0.29, 0.717) is 5.69 Å². The van der Waals surface area contributed by atoms with Gasteiger partial charge in [-0.25, -0.2) is 4.39 Å². The van der Waals surface area contributed by atoms with E-state index in [4.69, 9.17) is 11.6 Å². The largest absolute Gasteiger partial charge is 0.326 e. The molecule has 27 heavy (non-hydrogen) atoms. The lowest BCUT2D eigenvalue weighted by Crippen LogP contribution is -2.76. The Labute approximate surface area is 164 Å². The third-order valence-electron chi connectivity index (χ3n) is 6.59. The molecule has 0 unspecified atom stereocenters. The van der Waals surface area contributed by atoms with Gasteiger partial charge in [0.05, 0.1) is 0 Å². The fourth-order valence-electron chi connectivity index (χ4n) is 4.81. The van der Waals surface area contributed by atoms with Crippen LogP contribution in [0.3, 0.4) is 0 Å². The van der Waals surface area contributed by atoms with Gasteiger partial charge in [-0.1, -0.05) is 30.7 Å². The van der Waals surface area contributed by atoms with Crippen LogP contribution in [0.2, 0.25) is 5.02 Å². The zero-order chi connectivity index (χ0) is 19.2. The van der Waals surface area contributed by atoms with Crippen LogP contribution in [0.25, 0.3) is 0 Å². The minimum Gasteiger partial charge on any atom is -0.326 e. The molecule has 0 saturated heterocycles. The van der Waals surface area contributed by atoms with E-state index >= 15 is 0 Å². The lowest BCUT2D eigenvalue weighted by Gasteiger charge is -2.75. The van der Waals surface area contributed by atoms with Crippen LogP contribution in [0, 0.1) is 17.2 Å². The fraction of sp³-hybridized carbons (Fsp3) is 0.409. The molecule has 1 atom stereocenters. The summed E-state index contributed by atoms with van der Waals surface area (Å²) < 4.78 is 13.0. The van der Waals surface area contributed by atoms with Gasteiger partial charge in [0, 0.05) is 28.7 Å². The summed E-state index contributed by atoms with van der Waals surface area (Å²) in [5, 5.41) is 3.69. The first-order valence-electron chi connectivity index (χ1n) is 9.34. The van der Waals surface area contributed by atoms with Crippen LogP contribution in [-0.2, 0) is 11.3 Å². The number of halogens is 2. The molecule has 0 heterocycles. The summed E-state index contributed by atoms with van der Waals surface area (Å²) in [6.07, 6.45) is 3.15. The van der Waals surface area contributed by atoms with Crippen LogP contribution < -0.4 is 5.32 Å². The van der Waals surface area contributed by atoms with Crippen molar-refractivity contribution in [3.63, 3.8) is 0 Å². The van der Waals surface area contributed by atoms with E-state index in [-0.39, 0.29) is 28.6 Å². The molecule has 3 nitrogen and oxygen atoms in total. The quantitative estimate of drug-likeness (QED) is 0.748. The average molecular weight is 387 g/mol. The van der Waals surface area contributed by atoms with Gasteiger partial charge in [0.25, 0.3) is 0 Å². The number of anilines is 1. The van der Waals surface area contributed by atoms with Gasteiger partial charge < -0.3 is 5.32 Å². The van der Waals surface area contributed by atoms with Crippen molar-refractivity contribution in [2.24, 2.45) is 11.3 Å². The molecule has 5 rings (SSSR count). The van der Waals surface area contributed by atoms with Crippen LogP contribution in [0.5, 0.6) is 0 Å². The highest BCUT2D eigenvalue weighted by Gasteiger charge is 2.71. The van der Waals surface area contributed by atoms with Crippen molar-refractivity contribution >= 4 is 23.2 Å². The van der Waals surface area contributed by atoms with Gasteiger partial charge in [-0.3, -0.25) is 9.69 Å². The van der Waals surface area contributed by atoms with Crippen molar-refractivity contribution in [1.82, 2.24) is 4.90 Å². The highest BCUT2D eigenvalue weighted by atomic mass is 35.5. The van der Waals surface area contributed by atoms with Gasteiger partial charge in [0.1, 0.15) is 5.82 Å². The first-order valence-corrected chi connectivity index (χ1v) is 9.72. The molecule has 3 fully saturated rings. The smallest absolute Gasteiger partial charge is 0.227 e. The molecule has 5 heteroatoms. The second-order valence-electron chi connectivity index (χ2n) is 8.32. The van der Waals surface area contributed by atoms with Gasteiger partial charge in [-0.15, -0.1) is 0 Å². The molecule has 0 radical (unpaired) electrons. The van der Waals surface area contributed by atoms with E-state index in [0.717, 1.165) is 30.8 Å². The maximum absolute atomic E-state index is 13.0. The Morgan fingerprint density at radius 2 is 1.89 bits per heavy atom. The Morgan fingerprint density at radius 3 is 2.52 bits per heavy atom. The molecule has 142 valence electrons. The number of carbonyl (C=O) groups excluding carboxylic acids is 1. The molecule has 3 aliphatic rings. The van der Waals surface area contributed by atoms with Crippen LogP contribution in [-0.4, -0.2) is 23.4 Å². The maximum Gasteiger partial charge on any atom is 0.227 e. The molecular weight excluding hydrogens is 363 g/mol. The summed E-state index contributed by atoms with van der Waals surface area (Å²) in [5.74, 6) is -0.332. The van der Waals surface area contributed by atoms with Gasteiger partial charge in [0.2, 0.25) is 5.91 Å². The minimum atomic E-state index is -0.301. The number of benzene rings is 2. The maximum atomic E-state index is 13.0. The SMILES string of the molecule is C[C@H](C(=O)Nc1ccc(F)cc1)C12CC(N(C)Cc3cccc(Cl)c3)(C1)C2. The number of carbonyl (C=O) groups is 1. The van der Waals surface area contributed by atoms with Crippen LogP contribution in [0.15, 0.2) is 48.5 Å². The molecule has 2 bridgehead atoms. The number of hydrogen-bond donors (Lipinski definition) is 1. The zero-order valence-corrected chi connectivity index (χ0v) is 16.4. The highest BCUT2D eigenvalue weighted by molar-refractivity contribution is 6.30. The van der Waals surface area contributed by atoms with E-state index in [1.807, 2.05) is 25.1 Å². The summed E-state index contributed by atoms with van der Waals surface area (Å²) in [4.78, 5) is 15.0. The Hall–Kier alpha value is -1.91. The average Bonchev–Trinajstić information content (AvgIpc) is 2.54. The number of nitrogens with one attached hydrogen (secondary N) is 1. The van der Waals surface area contributed by atoms with Gasteiger partial charge in [0.15, 0.2) is 0 Å². The summed E-state index contributed by atoms with van der Waals surface area (Å²) in [5.41, 5.74) is 2.18. The van der Waals surface area contributed by atoms with Crippen LogP contribution >= 0.6 is 11.6 Å². The predicted octanol–water partition coefficient (Wildman–Crippen LogP) is 5.11. The molecule has 2 aromatic carbocycles. The van der Waals surface area contributed by atoms with E-state index in [2.05, 4.69) is 23.3 Å². The van der Waals surface area contributed by atoms with Crippen molar-refractivity contribution in [2.45, 2.75) is 38.3 Å². The van der Waals surface area contributed by atoms with E-state index in [1.54, 1.807) is 12.1 Å².